The van der Waals surface area contributed by atoms with Crippen LogP contribution in [0.5, 0.6) is 0 Å². The summed E-state index contributed by atoms with van der Waals surface area (Å²) in [7, 11) is 0. The first-order chi connectivity index (χ1) is 9.92. The molecule has 0 heterocycles. The summed E-state index contributed by atoms with van der Waals surface area (Å²) < 4.78 is 0. The summed E-state index contributed by atoms with van der Waals surface area (Å²) >= 11 is 0. The van der Waals surface area contributed by atoms with E-state index in [1.807, 2.05) is 35.2 Å². The first kappa shape index (κ1) is 13.9. The fraction of sp³-hybridized carbons (Fsp3) is 0.467. The van der Waals surface area contributed by atoms with Gasteiger partial charge in [-0.05, 0) is 24.8 Å². The molecule has 0 aliphatic heterocycles. The predicted molar refractivity (Wildman–Crippen MR) is 78.1 cm³/mol. The summed E-state index contributed by atoms with van der Waals surface area (Å²) in [6.45, 7) is 0.470. The smallest absolute Gasteiger partial charge is 0.312 e. The number of amides is 3. The molecular weight excluding hydrogens is 268 g/mol. The van der Waals surface area contributed by atoms with Crippen LogP contribution in [0.1, 0.15) is 24.8 Å². The lowest BCUT2D eigenvalue weighted by Gasteiger charge is -2.72. The molecule has 0 saturated heterocycles. The minimum absolute atomic E-state index is 0.0680. The van der Waals surface area contributed by atoms with Gasteiger partial charge in [0.2, 0.25) is 5.91 Å². The molecule has 5 N–H and O–H groups in total. The van der Waals surface area contributed by atoms with Gasteiger partial charge >= 0.3 is 6.03 Å². The normalized spacial score (nSPS) is 29.0. The number of hydrogen-bond acceptors (Lipinski definition) is 3. The summed E-state index contributed by atoms with van der Waals surface area (Å²) in [5.41, 5.74) is 12.0. The molecule has 21 heavy (non-hydrogen) atoms. The van der Waals surface area contributed by atoms with Gasteiger partial charge < -0.3 is 21.7 Å². The minimum Gasteiger partial charge on any atom is -0.352 e. The molecule has 3 aliphatic carbocycles. The van der Waals surface area contributed by atoms with Crippen molar-refractivity contribution in [2.75, 3.05) is 6.54 Å². The first-order valence-corrected chi connectivity index (χ1v) is 7.09. The minimum atomic E-state index is -0.684. The number of nitrogens with two attached hydrogens (primary N) is 2. The summed E-state index contributed by atoms with van der Waals surface area (Å²) in [5, 5.41) is 2.38. The van der Waals surface area contributed by atoms with E-state index in [0.29, 0.717) is 6.54 Å². The summed E-state index contributed by atoms with van der Waals surface area (Å²) in [4.78, 5) is 25.1. The van der Waals surface area contributed by atoms with Crippen LogP contribution in [0.15, 0.2) is 30.3 Å². The molecule has 0 aromatic heterocycles. The standard InChI is InChI=1S/C15H20N4O2/c16-13(21)18-6-12(20)19(7-11-4-2-1-3-5-11)15-8-14(17,9-15)10-15/h1-5H,6-10,17H2,(H3,16,18,21). The van der Waals surface area contributed by atoms with Crippen LogP contribution >= 0.6 is 0 Å². The quantitative estimate of drug-likeness (QED) is 0.727. The van der Waals surface area contributed by atoms with Gasteiger partial charge in [0.05, 0.1) is 6.54 Å². The van der Waals surface area contributed by atoms with Crippen LogP contribution in [-0.2, 0) is 11.3 Å². The van der Waals surface area contributed by atoms with E-state index in [4.69, 9.17) is 11.5 Å². The van der Waals surface area contributed by atoms with Crippen molar-refractivity contribution in [2.24, 2.45) is 11.5 Å². The number of rotatable bonds is 5. The SMILES string of the molecule is NC(=O)NCC(=O)N(Cc1ccccc1)C12CC(N)(C1)C2. The number of carbonyl (C=O) groups excluding carboxylic acids is 2. The molecule has 3 aliphatic rings. The molecule has 3 fully saturated rings. The third kappa shape index (κ3) is 2.47. The van der Waals surface area contributed by atoms with E-state index in [-0.39, 0.29) is 23.5 Å². The van der Waals surface area contributed by atoms with Crippen molar-refractivity contribution in [3.8, 4) is 0 Å². The topological polar surface area (TPSA) is 101 Å². The zero-order valence-corrected chi connectivity index (χ0v) is 11.8. The van der Waals surface area contributed by atoms with Crippen LogP contribution in [0.3, 0.4) is 0 Å². The first-order valence-electron chi connectivity index (χ1n) is 7.09. The lowest BCUT2D eigenvalue weighted by molar-refractivity contribution is -0.181. The van der Waals surface area contributed by atoms with Gasteiger partial charge in [-0.1, -0.05) is 30.3 Å². The van der Waals surface area contributed by atoms with Gasteiger partial charge in [0, 0.05) is 17.6 Å². The maximum Gasteiger partial charge on any atom is 0.312 e. The molecule has 0 unspecified atom stereocenters. The maximum atomic E-state index is 12.4. The number of carbonyl (C=O) groups is 2. The van der Waals surface area contributed by atoms with Gasteiger partial charge in [0.25, 0.3) is 0 Å². The Hall–Kier alpha value is -2.08. The number of nitrogens with zero attached hydrogens (tertiary/aromatic N) is 1. The van der Waals surface area contributed by atoms with Crippen LogP contribution < -0.4 is 16.8 Å². The van der Waals surface area contributed by atoms with Crippen molar-refractivity contribution in [3.05, 3.63) is 35.9 Å². The van der Waals surface area contributed by atoms with E-state index in [9.17, 15) is 9.59 Å². The van der Waals surface area contributed by atoms with E-state index in [1.54, 1.807) is 0 Å². The lowest BCUT2D eigenvalue weighted by Crippen LogP contribution is -2.82. The Morgan fingerprint density at radius 3 is 2.33 bits per heavy atom. The number of benzene rings is 1. The molecule has 1 aromatic carbocycles. The van der Waals surface area contributed by atoms with Crippen molar-refractivity contribution in [3.63, 3.8) is 0 Å². The van der Waals surface area contributed by atoms with E-state index in [0.717, 1.165) is 24.8 Å². The van der Waals surface area contributed by atoms with E-state index in [2.05, 4.69) is 5.32 Å². The fourth-order valence-electron chi connectivity index (χ4n) is 3.64. The highest BCUT2D eigenvalue weighted by molar-refractivity contribution is 5.84. The molecular formula is C15H20N4O2. The second kappa shape index (κ2) is 4.73. The van der Waals surface area contributed by atoms with Crippen LogP contribution in [0.2, 0.25) is 0 Å². The second-order valence-electron chi connectivity index (χ2n) is 6.30. The van der Waals surface area contributed by atoms with Gasteiger partial charge in [-0.25, -0.2) is 4.79 Å². The monoisotopic (exact) mass is 288 g/mol. The van der Waals surface area contributed by atoms with E-state index < -0.39 is 6.03 Å². The Labute approximate surface area is 123 Å². The van der Waals surface area contributed by atoms with Crippen LogP contribution in [0.4, 0.5) is 4.79 Å². The lowest BCUT2D eigenvalue weighted by atomic mass is 9.44. The van der Waals surface area contributed by atoms with Gasteiger partial charge in [0.1, 0.15) is 0 Å². The van der Waals surface area contributed by atoms with Crippen molar-refractivity contribution >= 4 is 11.9 Å². The van der Waals surface area contributed by atoms with Crippen LogP contribution in [-0.4, -0.2) is 34.5 Å². The average molecular weight is 288 g/mol. The molecule has 0 radical (unpaired) electrons. The molecule has 4 rings (SSSR count). The van der Waals surface area contributed by atoms with E-state index in [1.165, 1.54) is 0 Å². The zero-order chi connectivity index (χ0) is 15.1. The Morgan fingerprint density at radius 2 is 1.81 bits per heavy atom. The average Bonchev–Trinajstić information content (AvgIpc) is 2.39. The van der Waals surface area contributed by atoms with Crippen LogP contribution in [0, 0.1) is 0 Å². The highest BCUT2D eigenvalue weighted by Crippen LogP contribution is 2.62. The maximum absolute atomic E-state index is 12.4. The molecule has 3 amide bonds. The summed E-state index contributed by atoms with van der Waals surface area (Å²) in [5.74, 6) is -0.112. The summed E-state index contributed by atoms with van der Waals surface area (Å²) in [6, 6.07) is 9.14. The molecule has 0 atom stereocenters. The predicted octanol–water partition coefficient (Wildman–Crippen LogP) is 0.317. The Balaban J connectivity index is 1.72. The highest BCUT2D eigenvalue weighted by atomic mass is 16.2. The fourth-order valence-corrected chi connectivity index (χ4v) is 3.64. The molecule has 6 nitrogen and oxygen atoms in total. The highest BCUT2D eigenvalue weighted by Gasteiger charge is 2.69. The Bertz CT molecular complexity index is 553. The van der Waals surface area contributed by atoms with Gasteiger partial charge in [-0.2, -0.15) is 0 Å². The Kier molecular flexibility index (Phi) is 3.13. The number of primary amides is 1. The third-order valence-electron chi connectivity index (χ3n) is 4.51. The van der Waals surface area contributed by atoms with Crippen LogP contribution in [0.25, 0.3) is 0 Å². The summed E-state index contributed by atoms with van der Waals surface area (Å²) in [6.07, 6.45) is 2.53. The second-order valence-corrected chi connectivity index (χ2v) is 6.30. The van der Waals surface area contributed by atoms with Crippen molar-refractivity contribution in [1.82, 2.24) is 10.2 Å². The van der Waals surface area contributed by atoms with Gasteiger partial charge in [-0.15, -0.1) is 0 Å². The number of urea groups is 1. The molecule has 3 saturated carbocycles. The van der Waals surface area contributed by atoms with Crippen molar-refractivity contribution < 1.29 is 9.59 Å². The van der Waals surface area contributed by atoms with Gasteiger partial charge in [-0.3, -0.25) is 4.79 Å². The largest absolute Gasteiger partial charge is 0.352 e. The number of hydrogen-bond donors (Lipinski definition) is 3. The zero-order valence-electron chi connectivity index (χ0n) is 11.8. The van der Waals surface area contributed by atoms with E-state index >= 15 is 0 Å². The third-order valence-corrected chi connectivity index (χ3v) is 4.51. The molecule has 2 bridgehead atoms. The molecule has 1 aromatic rings. The van der Waals surface area contributed by atoms with Crippen molar-refractivity contribution in [1.29, 1.82) is 0 Å². The van der Waals surface area contributed by atoms with Crippen molar-refractivity contribution in [2.45, 2.75) is 36.9 Å². The molecule has 6 heteroatoms. The number of nitrogens with one attached hydrogen (secondary N) is 1. The Morgan fingerprint density at radius 1 is 1.19 bits per heavy atom. The molecule has 0 spiro atoms. The van der Waals surface area contributed by atoms with Gasteiger partial charge in [0.15, 0.2) is 0 Å². The molecule has 112 valence electrons.